The van der Waals surface area contributed by atoms with Crippen molar-refractivity contribution in [3.8, 4) is 11.4 Å². The first-order chi connectivity index (χ1) is 12.8. The van der Waals surface area contributed by atoms with E-state index >= 15 is 0 Å². The predicted molar refractivity (Wildman–Crippen MR) is 103 cm³/mol. The summed E-state index contributed by atoms with van der Waals surface area (Å²) < 4.78 is 7.58. The zero-order valence-corrected chi connectivity index (χ0v) is 15.9. The normalized spacial score (nSPS) is 25.6. The number of hydrogen-bond acceptors (Lipinski definition) is 5. The molecule has 136 valence electrons. The molecule has 0 aromatic carbocycles. The lowest BCUT2D eigenvalue weighted by Crippen LogP contribution is -2.36. The van der Waals surface area contributed by atoms with Crippen molar-refractivity contribution in [1.82, 2.24) is 14.8 Å². The van der Waals surface area contributed by atoms with E-state index in [1.165, 1.54) is 30.6 Å². The molecule has 3 atom stereocenters. The van der Waals surface area contributed by atoms with E-state index in [1.54, 1.807) is 23.9 Å². The first-order valence-corrected chi connectivity index (χ1v) is 10.4. The van der Waals surface area contributed by atoms with Crippen molar-refractivity contribution in [2.45, 2.75) is 45.2 Å². The van der Waals surface area contributed by atoms with Crippen molar-refractivity contribution in [2.24, 2.45) is 11.8 Å². The van der Waals surface area contributed by atoms with Gasteiger partial charge in [-0.15, -0.1) is 21.5 Å². The number of rotatable bonds is 4. The van der Waals surface area contributed by atoms with Gasteiger partial charge in [0.15, 0.2) is 5.82 Å². The molecule has 4 heterocycles. The van der Waals surface area contributed by atoms with Gasteiger partial charge in [-0.25, -0.2) is 0 Å². The second-order valence-corrected chi connectivity index (χ2v) is 8.68. The number of thiophene rings is 1. The number of furan rings is 1. The Hall–Kier alpha value is -2.08. The van der Waals surface area contributed by atoms with Gasteiger partial charge < -0.3 is 9.32 Å². The molecule has 0 N–H and O–H groups in total. The molecule has 0 bridgehead atoms. The first-order valence-electron chi connectivity index (χ1n) is 9.56. The summed E-state index contributed by atoms with van der Waals surface area (Å²) in [4.78, 5) is 3.86. The Balaban J connectivity index is 1.56. The van der Waals surface area contributed by atoms with Crippen molar-refractivity contribution in [3.63, 3.8) is 0 Å². The zero-order valence-electron chi connectivity index (χ0n) is 15.0. The Morgan fingerprint density at radius 2 is 2.15 bits per heavy atom. The SMILES string of the molecule is CC1CN(c2nnc(-c3ccoc3)n2Cc2cccs2)C2CCCCC12. The van der Waals surface area contributed by atoms with Crippen LogP contribution in [-0.4, -0.2) is 27.4 Å². The van der Waals surface area contributed by atoms with E-state index in [2.05, 4.69) is 44.1 Å². The second kappa shape index (κ2) is 6.58. The minimum Gasteiger partial charge on any atom is -0.472 e. The van der Waals surface area contributed by atoms with Crippen LogP contribution in [-0.2, 0) is 6.54 Å². The van der Waals surface area contributed by atoms with E-state index in [-0.39, 0.29) is 0 Å². The van der Waals surface area contributed by atoms with Crippen LogP contribution in [0.2, 0.25) is 0 Å². The summed E-state index contributed by atoms with van der Waals surface area (Å²) >= 11 is 1.78. The maximum absolute atomic E-state index is 5.30. The Morgan fingerprint density at radius 3 is 2.96 bits per heavy atom. The lowest BCUT2D eigenvalue weighted by atomic mass is 9.80. The van der Waals surface area contributed by atoms with E-state index < -0.39 is 0 Å². The van der Waals surface area contributed by atoms with E-state index in [0.717, 1.165) is 42.3 Å². The lowest BCUT2D eigenvalue weighted by molar-refractivity contribution is 0.292. The minimum atomic E-state index is 0.613. The predicted octanol–water partition coefficient (Wildman–Crippen LogP) is 4.66. The molecule has 3 aromatic heterocycles. The van der Waals surface area contributed by atoms with Gasteiger partial charge in [-0.05, 0) is 42.2 Å². The van der Waals surface area contributed by atoms with Gasteiger partial charge in [0.1, 0.15) is 6.26 Å². The molecule has 1 aliphatic heterocycles. The average Bonchev–Trinajstić information content (AvgIpc) is 3.43. The van der Waals surface area contributed by atoms with Crippen molar-refractivity contribution in [2.75, 3.05) is 11.4 Å². The van der Waals surface area contributed by atoms with Crippen LogP contribution >= 0.6 is 11.3 Å². The highest BCUT2D eigenvalue weighted by atomic mass is 32.1. The van der Waals surface area contributed by atoms with Gasteiger partial charge in [0.2, 0.25) is 5.95 Å². The first kappa shape index (κ1) is 16.1. The Labute approximate surface area is 157 Å². The molecule has 2 fully saturated rings. The topological polar surface area (TPSA) is 47.1 Å². The third-order valence-corrected chi connectivity index (χ3v) is 6.92. The molecule has 1 saturated carbocycles. The third kappa shape index (κ3) is 2.67. The van der Waals surface area contributed by atoms with Crippen LogP contribution in [0.3, 0.4) is 0 Å². The summed E-state index contributed by atoms with van der Waals surface area (Å²) in [5.74, 6) is 3.45. The molecule has 0 spiro atoms. The van der Waals surface area contributed by atoms with Gasteiger partial charge in [-0.1, -0.05) is 25.8 Å². The number of hydrogen-bond donors (Lipinski definition) is 0. The maximum Gasteiger partial charge on any atom is 0.228 e. The fourth-order valence-electron chi connectivity index (χ4n) is 4.82. The molecule has 3 aromatic rings. The van der Waals surface area contributed by atoms with E-state index in [4.69, 9.17) is 4.42 Å². The highest BCUT2D eigenvalue weighted by Crippen LogP contribution is 2.42. The number of aromatic nitrogens is 3. The quantitative estimate of drug-likeness (QED) is 0.672. The number of nitrogens with zero attached hydrogens (tertiary/aromatic N) is 4. The number of anilines is 1. The van der Waals surface area contributed by atoms with Crippen molar-refractivity contribution in [3.05, 3.63) is 41.0 Å². The van der Waals surface area contributed by atoms with Crippen LogP contribution < -0.4 is 4.90 Å². The summed E-state index contributed by atoms with van der Waals surface area (Å²) in [6.45, 7) is 4.30. The van der Waals surface area contributed by atoms with Crippen molar-refractivity contribution >= 4 is 17.3 Å². The summed E-state index contributed by atoms with van der Waals surface area (Å²) in [5.41, 5.74) is 0.993. The Bertz CT molecular complexity index is 855. The van der Waals surface area contributed by atoms with Crippen LogP contribution in [0.1, 0.15) is 37.5 Å². The van der Waals surface area contributed by atoms with Crippen molar-refractivity contribution in [1.29, 1.82) is 0 Å². The maximum atomic E-state index is 5.30. The largest absolute Gasteiger partial charge is 0.472 e. The Morgan fingerprint density at radius 1 is 1.23 bits per heavy atom. The summed E-state index contributed by atoms with van der Waals surface area (Å²) in [6.07, 6.45) is 8.81. The molecule has 5 nitrogen and oxygen atoms in total. The van der Waals surface area contributed by atoms with Crippen LogP contribution in [0.25, 0.3) is 11.4 Å². The summed E-state index contributed by atoms with van der Waals surface area (Å²) in [7, 11) is 0. The molecule has 2 aliphatic rings. The van der Waals surface area contributed by atoms with E-state index in [9.17, 15) is 0 Å². The molecule has 5 rings (SSSR count). The number of fused-ring (bicyclic) bond motifs is 1. The van der Waals surface area contributed by atoms with Gasteiger partial charge in [0.25, 0.3) is 0 Å². The van der Waals surface area contributed by atoms with E-state index in [0.29, 0.717) is 6.04 Å². The molecular formula is C20H24N4OS. The summed E-state index contributed by atoms with van der Waals surface area (Å²) in [5, 5.41) is 11.4. The molecule has 6 heteroatoms. The highest BCUT2D eigenvalue weighted by Gasteiger charge is 2.42. The van der Waals surface area contributed by atoms with Gasteiger partial charge in [-0.2, -0.15) is 0 Å². The molecule has 26 heavy (non-hydrogen) atoms. The van der Waals surface area contributed by atoms with Gasteiger partial charge in [0, 0.05) is 17.5 Å². The lowest BCUT2D eigenvalue weighted by Gasteiger charge is -2.32. The summed E-state index contributed by atoms with van der Waals surface area (Å²) in [6, 6.07) is 6.87. The second-order valence-electron chi connectivity index (χ2n) is 7.65. The molecule has 1 aliphatic carbocycles. The van der Waals surface area contributed by atoms with Gasteiger partial charge in [-0.3, -0.25) is 4.57 Å². The monoisotopic (exact) mass is 368 g/mol. The van der Waals surface area contributed by atoms with Gasteiger partial charge >= 0.3 is 0 Å². The standard InChI is InChI=1S/C20H24N4OS/c1-14-11-23(18-7-3-2-6-17(14)18)20-22-21-19(15-8-9-25-13-15)24(20)12-16-5-4-10-26-16/h4-5,8-10,13-14,17-18H,2-3,6-7,11-12H2,1H3. The smallest absolute Gasteiger partial charge is 0.228 e. The van der Waals surface area contributed by atoms with Gasteiger partial charge in [0.05, 0.1) is 18.4 Å². The molecule has 3 unspecified atom stereocenters. The zero-order chi connectivity index (χ0) is 17.5. The molecule has 0 radical (unpaired) electrons. The highest BCUT2D eigenvalue weighted by molar-refractivity contribution is 7.09. The van der Waals surface area contributed by atoms with E-state index in [1.807, 2.05) is 6.07 Å². The van der Waals surface area contributed by atoms with Crippen LogP contribution in [0.15, 0.2) is 40.5 Å². The van der Waals surface area contributed by atoms with Crippen LogP contribution in [0.5, 0.6) is 0 Å². The third-order valence-electron chi connectivity index (χ3n) is 6.06. The average molecular weight is 369 g/mol. The fraction of sp³-hybridized carbons (Fsp3) is 0.500. The molecule has 0 amide bonds. The molecule has 1 saturated heterocycles. The molecular weight excluding hydrogens is 344 g/mol. The van der Waals surface area contributed by atoms with Crippen LogP contribution in [0.4, 0.5) is 5.95 Å². The van der Waals surface area contributed by atoms with Crippen LogP contribution in [0, 0.1) is 11.8 Å². The fourth-order valence-corrected chi connectivity index (χ4v) is 5.51. The Kier molecular flexibility index (Phi) is 4.08. The minimum absolute atomic E-state index is 0.613. The van der Waals surface area contributed by atoms with Crippen molar-refractivity contribution < 1.29 is 4.42 Å².